The van der Waals surface area contributed by atoms with Crippen LogP contribution in [0.3, 0.4) is 0 Å². The number of terminal acetylenes is 1. The summed E-state index contributed by atoms with van der Waals surface area (Å²) in [5.41, 5.74) is 0.529. The Balaban J connectivity index is 2.63. The number of ether oxygens (including phenoxy) is 1. The molecular weight excluding hydrogens is 418 g/mol. The zero-order valence-electron chi connectivity index (χ0n) is 18.0. The molecule has 0 saturated carbocycles. The fourth-order valence-electron chi connectivity index (χ4n) is 2.64. The van der Waals surface area contributed by atoms with E-state index in [1.807, 2.05) is 35.2 Å². The van der Waals surface area contributed by atoms with Gasteiger partial charge in [-0.3, -0.25) is 10.1 Å². The number of hydrogen-bond acceptors (Lipinski definition) is 7. The fraction of sp³-hybridized carbons (Fsp3) is 0.364. The van der Waals surface area contributed by atoms with Crippen molar-refractivity contribution in [2.75, 3.05) is 23.9 Å². The molecule has 0 aliphatic heterocycles. The van der Waals surface area contributed by atoms with E-state index in [1.54, 1.807) is 20.8 Å². The van der Waals surface area contributed by atoms with Crippen molar-refractivity contribution >= 4 is 34.4 Å². The smallest absolute Gasteiger partial charge is 0.234 e. The van der Waals surface area contributed by atoms with Crippen LogP contribution in [0.15, 0.2) is 35.5 Å². The maximum atomic E-state index is 12.5. The summed E-state index contributed by atoms with van der Waals surface area (Å²) in [6, 6.07) is 9.69. The predicted molar refractivity (Wildman–Crippen MR) is 122 cm³/mol. The highest BCUT2D eigenvalue weighted by Crippen LogP contribution is 2.31. The van der Waals surface area contributed by atoms with Crippen molar-refractivity contribution in [1.29, 1.82) is 0 Å². The summed E-state index contributed by atoms with van der Waals surface area (Å²) in [5, 5.41) is 14.9. The van der Waals surface area contributed by atoms with Gasteiger partial charge in [-0.2, -0.15) is 9.97 Å². The molecule has 2 rings (SSSR count). The summed E-state index contributed by atoms with van der Waals surface area (Å²) in [7, 11) is 1.40. The second-order valence-corrected chi connectivity index (χ2v) is 8.07. The van der Waals surface area contributed by atoms with Crippen LogP contribution in [0.1, 0.15) is 38.3 Å². The lowest BCUT2D eigenvalue weighted by molar-refractivity contribution is -0.123. The van der Waals surface area contributed by atoms with Gasteiger partial charge in [-0.05, 0) is 5.56 Å². The van der Waals surface area contributed by atoms with Crippen LogP contribution in [0.4, 0.5) is 11.8 Å². The van der Waals surface area contributed by atoms with Crippen LogP contribution < -0.4 is 15.0 Å². The molecule has 1 heterocycles. The molecule has 2 aromatic rings. The zero-order chi connectivity index (χ0) is 23.0. The minimum absolute atomic E-state index is 0.0386. The van der Waals surface area contributed by atoms with Crippen LogP contribution in [-0.4, -0.2) is 39.9 Å². The molecule has 164 valence electrons. The first-order valence-electron chi connectivity index (χ1n) is 9.59. The first kappa shape index (κ1) is 24.0. The third-order valence-electron chi connectivity index (χ3n) is 4.29. The van der Waals surface area contributed by atoms with Crippen LogP contribution >= 0.6 is 11.6 Å². The van der Waals surface area contributed by atoms with Crippen molar-refractivity contribution < 1.29 is 14.7 Å². The molecule has 2 N–H and O–H groups in total. The SMILES string of the molecule is C#CCCN(Cc1ccccc1)c1nc(NC(=O)C(C)(C)C)nc(OC)c1/C(Cl)=N/O. The van der Waals surface area contributed by atoms with Gasteiger partial charge >= 0.3 is 0 Å². The molecule has 1 amide bonds. The Hall–Kier alpha value is -3.31. The second kappa shape index (κ2) is 10.6. The largest absolute Gasteiger partial charge is 0.480 e. The second-order valence-electron chi connectivity index (χ2n) is 7.71. The molecule has 0 saturated heterocycles. The highest BCUT2D eigenvalue weighted by molar-refractivity contribution is 6.70. The monoisotopic (exact) mass is 443 g/mol. The van der Waals surface area contributed by atoms with Gasteiger partial charge in [-0.25, -0.2) is 0 Å². The maximum absolute atomic E-state index is 12.5. The summed E-state index contributed by atoms with van der Waals surface area (Å²) < 4.78 is 5.38. The van der Waals surface area contributed by atoms with E-state index < -0.39 is 5.41 Å². The third kappa shape index (κ3) is 6.33. The summed E-state index contributed by atoms with van der Waals surface area (Å²) in [5.74, 6) is 2.75. The molecule has 0 atom stereocenters. The van der Waals surface area contributed by atoms with Crippen LogP contribution in [-0.2, 0) is 11.3 Å². The molecule has 0 fully saturated rings. The normalized spacial score (nSPS) is 11.5. The van der Waals surface area contributed by atoms with Crippen LogP contribution in [0.2, 0.25) is 0 Å². The summed E-state index contributed by atoms with van der Waals surface area (Å²) >= 11 is 6.18. The van der Waals surface area contributed by atoms with Gasteiger partial charge in [0.25, 0.3) is 0 Å². The number of carbonyl (C=O) groups is 1. The molecule has 31 heavy (non-hydrogen) atoms. The van der Waals surface area contributed by atoms with Gasteiger partial charge in [0.2, 0.25) is 17.7 Å². The highest BCUT2D eigenvalue weighted by Gasteiger charge is 2.27. The van der Waals surface area contributed by atoms with Crippen molar-refractivity contribution in [3.63, 3.8) is 0 Å². The van der Waals surface area contributed by atoms with E-state index in [0.717, 1.165) is 5.56 Å². The van der Waals surface area contributed by atoms with E-state index in [2.05, 4.69) is 26.4 Å². The molecule has 0 aliphatic carbocycles. The van der Waals surface area contributed by atoms with E-state index in [-0.39, 0.29) is 28.5 Å². The van der Waals surface area contributed by atoms with Gasteiger partial charge in [0.05, 0.1) is 7.11 Å². The fourth-order valence-corrected chi connectivity index (χ4v) is 2.81. The number of oxime groups is 1. The molecule has 0 unspecified atom stereocenters. The van der Waals surface area contributed by atoms with Gasteiger partial charge in [0.1, 0.15) is 11.4 Å². The van der Waals surface area contributed by atoms with Crippen LogP contribution in [0, 0.1) is 17.8 Å². The van der Waals surface area contributed by atoms with Crippen molar-refractivity contribution in [3.05, 3.63) is 41.5 Å². The molecule has 0 bridgehead atoms. The van der Waals surface area contributed by atoms with Crippen molar-refractivity contribution in [2.45, 2.75) is 33.7 Å². The third-order valence-corrected chi connectivity index (χ3v) is 4.56. The number of methoxy groups -OCH3 is 1. The minimum Gasteiger partial charge on any atom is -0.480 e. The average Bonchev–Trinajstić information content (AvgIpc) is 2.75. The van der Waals surface area contributed by atoms with E-state index in [1.165, 1.54) is 7.11 Å². The number of anilines is 2. The number of carbonyl (C=O) groups excluding carboxylic acids is 1. The van der Waals surface area contributed by atoms with E-state index in [9.17, 15) is 10.0 Å². The molecule has 1 aromatic carbocycles. The Bertz CT molecular complexity index is 981. The molecule has 0 radical (unpaired) electrons. The van der Waals surface area contributed by atoms with Crippen molar-refractivity contribution in [1.82, 2.24) is 9.97 Å². The number of nitrogens with one attached hydrogen (secondary N) is 1. The Morgan fingerprint density at radius 2 is 2.00 bits per heavy atom. The predicted octanol–water partition coefficient (Wildman–Crippen LogP) is 3.87. The van der Waals surface area contributed by atoms with E-state index in [4.69, 9.17) is 22.8 Å². The number of halogens is 1. The number of benzene rings is 1. The lowest BCUT2D eigenvalue weighted by Gasteiger charge is -2.26. The van der Waals surface area contributed by atoms with E-state index in [0.29, 0.717) is 25.3 Å². The topological polar surface area (TPSA) is 99.9 Å². The molecule has 0 aliphatic rings. The summed E-state index contributed by atoms with van der Waals surface area (Å²) in [4.78, 5) is 23.1. The summed E-state index contributed by atoms with van der Waals surface area (Å²) in [6.07, 6.45) is 5.92. The Morgan fingerprint density at radius 1 is 1.32 bits per heavy atom. The highest BCUT2D eigenvalue weighted by atomic mass is 35.5. The number of nitrogens with zero attached hydrogens (tertiary/aromatic N) is 4. The average molecular weight is 444 g/mol. The van der Waals surface area contributed by atoms with E-state index >= 15 is 0 Å². The minimum atomic E-state index is -0.660. The van der Waals surface area contributed by atoms with Crippen molar-refractivity contribution in [2.24, 2.45) is 10.6 Å². The lowest BCUT2D eigenvalue weighted by Crippen LogP contribution is -2.30. The van der Waals surface area contributed by atoms with Gasteiger partial charge < -0.3 is 14.8 Å². The lowest BCUT2D eigenvalue weighted by atomic mass is 9.96. The van der Waals surface area contributed by atoms with Gasteiger partial charge in [0.15, 0.2) is 5.17 Å². The van der Waals surface area contributed by atoms with Gasteiger partial charge in [-0.15, -0.1) is 12.3 Å². The number of amides is 1. The Kier molecular flexibility index (Phi) is 8.22. The first-order valence-corrected chi connectivity index (χ1v) is 9.96. The van der Waals surface area contributed by atoms with Crippen LogP contribution in [0.25, 0.3) is 0 Å². The standard InChI is InChI=1S/C22H26ClN5O3/c1-6-7-13-28(14-15-11-9-8-10-12-15)18-16(17(23)27-30)19(31-5)25-21(24-18)26-20(29)22(2,3)4/h1,8-12,30H,7,13-14H2,2-5H3,(H,24,25,26,29)/b27-17-. The van der Waals surface area contributed by atoms with Crippen molar-refractivity contribution in [3.8, 4) is 18.2 Å². The summed E-state index contributed by atoms with van der Waals surface area (Å²) in [6.45, 7) is 6.20. The van der Waals surface area contributed by atoms with Crippen LogP contribution in [0.5, 0.6) is 5.88 Å². The van der Waals surface area contributed by atoms with Gasteiger partial charge in [0, 0.05) is 24.9 Å². The molecule has 8 nitrogen and oxygen atoms in total. The molecule has 0 spiro atoms. The Morgan fingerprint density at radius 3 is 2.55 bits per heavy atom. The number of rotatable bonds is 8. The first-order chi connectivity index (χ1) is 14.7. The maximum Gasteiger partial charge on any atom is 0.234 e. The number of aromatic nitrogens is 2. The molecular formula is C22H26ClN5O3. The Labute approximate surface area is 187 Å². The zero-order valence-corrected chi connectivity index (χ0v) is 18.8. The quantitative estimate of drug-likeness (QED) is 0.278. The molecule has 1 aromatic heterocycles. The molecule has 9 heteroatoms. The van der Waals surface area contributed by atoms with Gasteiger partial charge in [-0.1, -0.05) is 67.9 Å². The number of hydrogen-bond donors (Lipinski definition) is 2.